The zero-order chi connectivity index (χ0) is 11.4. The Morgan fingerprint density at radius 2 is 2.07 bits per heavy atom. The molecule has 0 aromatic carbocycles. The Labute approximate surface area is 94.0 Å². The third-order valence-corrected chi connectivity index (χ3v) is 2.83. The first-order valence-corrected chi connectivity index (χ1v) is 5.23. The number of nitrogens with zero attached hydrogens (tertiary/aromatic N) is 1. The Kier molecular flexibility index (Phi) is 4.21. The lowest BCUT2D eigenvalue weighted by Crippen LogP contribution is -2.33. The predicted molar refractivity (Wildman–Crippen MR) is 59.8 cm³/mol. The molecule has 82 valence electrons. The lowest BCUT2D eigenvalue weighted by molar-refractivity contribution is -0.0189. The highest BCUT2D eigenvalue weighted by molar-refractivity contribution is 7.80. The molecule has 4 N–H and O–H groups in total. The maximum Gasteiger partial charge on any atom is 0.114 e. The van der Waals surface area contributed by atoms with Gasteiger partial charge in [-0.05, 0) is 25.2 Å². The van der Waals surface area contributed by atoms with Crippen LogP contribution in [-0.2, 0) is 0 Å². The summed E-state index contributed by atoms with van der Waals surface area (Å²) < 4.78 is 0. The number of hydrogen-bond donors (Lipinski definition) is 3. The van der Waals surface area contributed by atoms with Gasteiger partial charge < -0.3 is 15.9 Å². The lowest BCUT2D eigenvalue weighted by atomic mass is 9.84. The second-order valence-electron chi connectivity index (χ2n) is 3.76. The highest BCUT2D eigenvalue weighted by Gasteiger charge is 2.26. The minimum absolute atomic E-state index is 0.0690. The van der Waals surface area contributed by atoms with Crippen molar-refractivity contribution in [2.75, 3.05) is 0 Å². The van der Waals surface area contributed by atoms with Crippen molar-refractivity contribution in [2.24, 2.45) is 11.7 Å². The second-order valence-corrected chi connectivity index (χ2v) is 4.20. The van der Waals surface area contributed by atoms with Gasteiger partial charge in [0.25, 0.3) is 0 Å². The summed E-state index contributed by atoms with van der Waals surface area (Å²) in [6, 6.07) is 1.93. The van der Waals surface area contributed by atoms with Crippen LogP contribution in [-0.4, -0.2) is 27.4 Å². The van der Waals surface area contributed by atoms with Gasteiger partial charge in [0, 0.05) is 0 Å². The molecule has 1 fully saturated rings. The molecule has 5 heteroatoms. The van der Waals surface area contributed by atoms with Crippen molar-refractivity contribution in [1.29, 1.82) is 5.26 Å². The first-order valence-electron chi connectivity index (χ1n) is 4.82. The van der Waals surface area contributed by atoms with Crippen LogP contribution in [0.25, 0.3) is 0 Å². The quantitative estimate of drug-likeness (QED) is 0.356. The van der Waals surface area contributed by atoms with Crippen LogP contribution in [0.15, 0.2) is 11.6 Å². The van der Waals surface area contributed by atoms with Crippen LogP contribution >= 0.6 is 12.2 Å². The Morgan fingerprint density at radius 3 is 2.53 bits per heavy atom. The Morgan fingerprint density at radius 1 is 1.40 bits per heavy atom. The average molecular weight is 226 g/mol. The van der Waals surface area contributed by atoms with E-state index >= 15 is 0 Å². The highest BCUT2D eigenvalue weighted by Crippen LogP contribution is 2.26. The van der Waals surface area contributed by atoms with Crippen LogP contribution < -0.4 is 5.73 Å². The number of nitriles is 1. The zero-order valence-electron chi connectivity index (χ0n) is 8.26. The van der Waals surface area contributed by atoms with Crippen LogP contribution in [0.1, 0.15) is 19.3 Å². The molecule has 0 saturated heterocycles. The summed E-state index contributed by atoms with van der Waals surface area (Å²) in [5.41, 5.74) is 5.65. The van der Waals surface area contributed by atoms with E-state index in [1.54, 1.807) is 6.08 Å². The van der Waals surface area contributed by atoms with Crippen LogP contribution in [0, 0.1) is 17.2 Å². The van der Waals surface area contributed by atoms with Crippen LogP contribution in [0.5, 0.6) is 0 Å². The van der Waals surface area contributed by atoms with E-state index in [0.717, 1.165) is 6.42 Å². The summed E-state index contributed by atoms with van der Waals surface area (Å²) >= 11 is 4.71. The van der Waals surface area contributed by atoms with Crippen LogP contribution in [0.4, 0.5) is 0 Å². The normalized spacial score (nSPS) is 32.1. The van der Waals surface area contributed by atoms with E-state index in [9.17, 15) is 10.2 Å². The molecule has 0 aromatic rings. The third-order valence-electron chi connectivity index (χ3n) is 2.61. The van der Waals surface area contributed by atoms with E-state index in [1.165, 1.54) is 0 Å². The van der Waals surface area contributed by atoms with Gasteiger partial charge in [0.2, 0.25) is 0 Å². The molecule has 15 heavy (non-hydrogen) atoms. The standard InChI is InChI=1S/C10H14N2O2S/c11-5-7(10(12)15)3-6-1-2-8(13)9(14)4-6/h3,6,8-9,13-14H,1-2,4H2,(H2,12,15)/b7-3+. The number of aliphatic hydroxyl groups excluding tert-OH is 2. The number of aliphatic hydroxyl groups is 2. The third kappa shape index (κ3) is 3.27. The summed E-state index contributed by atoms with van der Waals surface area (Å²) in [6.45, 7) is 0. The summed E-state index contributed by atoms with van der Waals surface area (Å²) in [6.07, 6.45) is 2.06. The first-order chi connectivity index (χ1) is 7.04. The van der Waals surface area contributed by atoms with Crippen molar-refractivity contribution >= 4 is 17.2 Å². The molecule has 1 aliphatic rings. The van der Waals surface area contributed by atoms with Crippen LogP contribution in [0.3, 0.4) is 0 Å². The van der Waals surface area contributed by atoms with Gasteiger partial charge in [-0.1, -0.05) is 18.3 Å². The molecule has 0 aromatic heterocycles. The average Bonchev–Trinajstić information content (AvgIpc) is 2.19. The van der Waals surface area contributed by atoms with Gasteiger partial charge in [-0.2, -0.15) is 5.26 Å². The molecule has 0 spiro atoms. The molecule has 1 saturated carbocycles. The van der Waals surface area contributed by atoms with Crippen molar-refractivity contribution in [3.63, 3.8) is 0 Å². The number of allylic oxidation sites excluding steroid dienone is 1. The number of thiocarbonyl (C=S) groups is 1. The SMILES string of the molecule is N#C/C(=C\C1CCC(O)C(O)C1)C(N)=S. The Bertz CT molecular complexity index is 322. The maximum absolute atomic E-state index is 9.45. The van der Waals surface area contributed by atoms with E-state index in [2.05, 4.69) is 0 Å². The Balaban J connectivity index is 2.67. The van der Waals surface area contributed by atoms with Gasteiger partial charge in [0.15, 0.2) is 0 Å². The largest absolute Gasteiger partial charge is 0.390 e. The molecule has 0 radical (unpaired) electrons. The Hall–Kier alpha value is -0.960. The molecular weight excluding hydrogens is 212 g/mol. The van der Waals surface area contributed by atoms with Gasteiger partial charge in [-0.15, -0.1) is 0 Å². The molecule has 4 nitrogen and oxygen atoms in total. The number of rotatable bonds is 2. The van der Waals surface area contributed by atoms with E-state index in [0.29, 0.717) is 18.4 Å². The van der Waals surface area contributed by atoms with E-state index < -0.39 is 12.2 Å². The molecule has 0 amide bonds. The summed E-state index contributed by atoms with van der Waals surface area (Å²) in [7, 11) is 0. The van der Waals surface area contributed by atoms with Gasteiger partial charge in [0.05, 0.1) is 17.8 Å². The molecular formula is C10H14N2O2S. The lowest BCUT2D eigenvalue weighted by Gasteiger charge is -2.28. The number of nitrogens with two attached hydrogens (primary N) is 1. The van der Waals surface area contributed by atoms with E-state index in [-0.39, 0.29) is 10.9 Å². The van der Waals surface area contributed by atoms with Crippen molar-refractivity contribution in [3.05, 3.63) is 11.6 Å². The monoisotopic (exact) mass is 226 g/mol. The highest BCUT2D eigenvalue weighted by atomic mass is 32.1. The topological polar surface area (TPSA) is 90.3 Å². The molecule has 1 rings (SSSR count). The predicted octanol–water partition coefficient (Wildman–Crippen LogP) is 0.244. The van der Waals surface area contributed by atoms with Gasteiger partial charge in [-0.25, -0.2) is 0 Å². The molecule has 0 bridgehead atoms. The van der Waals surface area contributed by atoms with Crippen LogP contribution in [0.2, 0.25) is 0 Å². The maximum atomic E-state index is 9.45. The fourth-order valence-electron chi connectivity index (χ4n) is 1.72. The summed E-state index contributed by atoms with van der Waals surface area (Å²) in [5, 5.41) is 27.5. The smallest absolute Gasteiger partial charge is 0.114 e. The van der Waals surface area contributed by atoms with Gasteiger partial charge >= 0.3 is 0 Å². The molecule has 0 heterocycles. The summed E-state index contributed by atoms with van der Waals surface area (Å²) in [5.74, 6) is 0.0690. The van der Waals surface area contributed by atoms with Crippen molar-refractivity contribution in [2.45, 2.75) is 31.5 Å². The molecule has 0 aliphatic heterocycles. The fraction of sp³-hybridized carbons (Fsp3) is 0.600. The molecule has 3 unspecified atom stereocenters. The fourth-order valence-corrected chi connectivity index (χ4v) is 1.84. The van der Waals surface area contributed by atoms with Crippen molar-refractivity contribution < 1.29 is 10.2 Å². The van der Waals surface area contributed by atoms with Gasteiger partial charge in [-0.3, -0.25) is 0 Å². The first kappa shape index (κ1) is 12.1. The molecule has 3 atom stereocenters. The minimum Gasteiger partial charge on any atom is -0.390 e. The van der Waals surface area contributed by atoms with Crippen molar-refractivity contribution in [3.8, 4) is 6.07 Å². The summed E-state index contributed by atoms with van der Waals surface area (Å²) in [4.78, 5) is 0.0816. The van der Waals surface area contributed by atoms with Crippen molar-refractivity contribution in [1.82, 2.24) is 0 Å². The molecule has 1 aliphatic carbocycles. The van der Waals surface area contributed by atoms with E-state index in [4.69, 9.17) is 23.2 Å². The zero-order valence-corrected chi connectivity index (χ0v) is 9.07. The second kappa shape index (κ2) is 5.21. The number of hydrogen-bond acceptors (Lipinski definition) is 4. The van der Waals surface area contributed by atoms with E-state index in [1.807, 2.05) is 6.07 Å². The van der Waals surface area contributed by atoms with Gasteiger partial charge in [0.1, 0.15) is 11.1 Å². The minimum atomic E-state index is -0.716.